The van der Waals surface area contributed by atoms with Gasteiger partial charge in [0.15, 0.2) is 0 Å². The average Bonchev–Trinajstić information content (AvgIpc) is 2.17. The van der Waals surface area contributed by atoms with Crippen LogP contribution in [0.15, 0.2) is 12.3 Å². The van der Waals surface area contributed by atoms with Crippen LogP contribution < -0.4 is 10.6 Å². The second-order valence-electron chi connectivity index (χ2n) is 4.25. The van der Waals surface area contributed by atoms with Crippen LogP contribution in [-0.2, 0) is 10.3 Å². The summed E-state index contributed by atoms with van der Waals surface area (Å²) in [6.45, 7) is 6.54. The second kappa shape index (κ2) is 4.59. The number of hydrogen-bond acceptors (Lipinski definition) is 4. The highest BCUT2D eigenvalue weighted by Gasteiger charge is 2.22. The summed E-state index contributed by atoms with van der Waals surface area (Å²) in [7, 11) is 1.61. The van der Waals surface area contributed by atoms with Gasteiger partial charge in [0.1, 0.15) is 0 Å². The summed E-state index contributed by atoms with van der Waals surface area (Å²) in [5, 5.41) is 0. The Morgan fingerprint density at radius 2 is 2.13 bits per heavy atom. The van der Waals surface area contributed by atoms with Gasteiger partial charge in [-0.25, -0.2) is 10.9 Å². The van der Waals surface area contributed by atoms with Crippen molar-refractivity contribution in [2.24, 2.45) is 5.90 Å². The molecule has 0 fully saturated rings. The van der Waals surface area contributed by atoms with Crippen LogP contribution in [0.25, 0.3) is 0 Å². The SMILES string of the molecule is COc1ncc(C(C)(C)CON)cc1C. The molecule has 0 radical (unpaired) electrons. The first kappa shape index (κ1) is 11.9. The van der Waals surface area contributed by atoms with Crippen molar-refractivity contribution in [1.29, 1.82) is 0 Å². The number of nitrogens with zero attached hydrogens (tertiary/aromatic N) is 1. The summed E-state index contributed by atoms with van der Waals surface area (Å²) in [5.41, 5.74) is 1.96. The lowest BCUT2D eigenvalue weighted by atomic mass is 9.86. The van der Waals surface area contributed by atoms with E-state index in [1.54, 1.807) is 13.3 Å². The normalized spacial score (nSPS) is 11.5. The standard InChI is InChI=1S/C11H18N2O2/c1-8-5-9(6-13-10(8)14-4)11(2,3)7-15-12/h5-6H,7,12H2,1-4H3. The van der Waals surface area contributed by atoms with E-state index in [4.69, 9.17) is 15.5 Å². The Morgan fingerprint density at radius 3 is 2.60 bits per heavy atom. The minimum absolute atomic E-state index is 0.140. The molecule has 4 nitrogen and oxygen atoms in total. The number of hydrogen-bond donors (Lipinski definition) is 1. The van der Waals surface area contributed by atoms with E-state index in [2.05, 4.69) is 18.8 Å². The number of methoxy groups -OCH3 is 1. The van der Waals surface area contributed by atoms with Gasteiger partial charge in [0.25, 0.3) is 0 Å². The van der Waals surface area contributed by atoms with Crippen molar-refractivity contribution < 1.29 is 9.57 Å². The van der Waals surface area contributed by atoms with Gasteiger partial charge in [-0.2, -0.15) is 0 Å². The fourth-order valence-electron chi connectivity index (χ4n) is 1.44. The molecule has 2 N–H and O–H groups in total. The van der Waals surface area contributed by atoms with Gasteiger partial charge in [-0.3, -0.25) is 0 Å². The van der Waals surface area contributed by atoms with Gasteiger partial charge in [0.05, 0.1) is 13.7 Å². The molecule has 1 aromatic heterocycles. The summed E-state index contributed by atoms with van der Waals surface area (Å²) >= 11 is 0. The average molecular weight is 210 g/mol. The van der Waals surface area contributed by atoms with E-state index < -0.39 is 0 Å². The van der Waals surface area contributed by atoms with Crippen molar-refractivity contribution in [3.63, 3.8) is 0 Å². The summed E-state index contributed by atoms with van der Waals surface area (Å²) in [5.74, 6) is 5.76. The Labute approximate surface area is 90.4 Å². The largest absolute Gasteiger partial charge is 0.481 e. The van der Waals surface area contributed by atoms with E-state index in [1.165, 1.54) is 0 Å². The van der Waals surface area contributed by atoms with Crippen molar-refractivity contribution in [2.45, 2.75) is 26.2 Å². The molecule has 1 heterocycles. The van der Waals surface area contributed by atoms with Crippen molar-refractivity contribution in [2.75, 3.05) is 13.7 Å². The quantitative estimate of drug-likeness (QED) is 0.766. The zero-order chi connectivity index (χ0) is 11.5. The van der Waals surface area contributed by atoms with Crippen molar-refractivity contribution in [3.05, 3.63) is 23.4 Å². The first-order valence-corrected chi connectivity index (χ1v) is 4.84. The summed E-state index contributed by atoms with van der Waals surface area (Å²) < 4.78 is 5.11. The number of aryl methyl sites for hydroxylation is 1. The molecule has 0 spiro atoms. The molecule has 0 aromatic carbocycles. The number of nitrogens with two attached hydrogens (primary N) is 1. The molecule has 0 amide bonds. The van der Waals surface area contributed by atoms with E-state index >= 15 is 0 Å². The molecule has 84 valence electrons. The highest BCUT2D eigenvalue weighted by atomic mass is 16.6. The highest BCUT2D eigenvalue weighted by Crippen LogP contribution is 2.25. The molecule has 0 aliphatic heterocycles. The second-order valence-corrected chi connectivity index (χ2v) is 4.25. The van der Waals surface area contributed by atoms with Crippen molar-refractivity contribution in [1.82, 2.24) is 4.98 Å². The fourth-order valence-corrected chi connectivity index (χ4v) is 1.44. The van der Waals surface area contributed by atoms with Crippen LogP contribution in [0.5, 0.6) is 5.88 Å². The molecule has 0 unspecified atom stereocenters. The Bertz CT molecular complexity index is 337. The van der Waals surface area contributed by atoms with E-state index in [9.17, 15) is 0 Å². The van der Waals surface area contributed by atoms with E-state index in [1.807, 2.05) is 13.0 Å². The minimum Gasteiger partial charge on any atom is -0.481 e. The van der Waals surface area contributed by atoms with Crippen LogP contribution in [0.1, 0.15) is 25.0 Å². The predicted molar refractivity (Wildman–Crippen MR) is 58.7 cm³/mol. The smallest absolute Gasteiger partial charge is 0.215 e. The maximum atomic E-state index is 5.11. The van der Waals surface area contributed by atoms with Crippen LogP contribution in [0.2, 0.25) is 0 Å². The number of aromatic nitrogens is 1. The monoisotopic (exact) mass is 210 g/mol. The van der Waals surface area contributed by atoms with E-state index in [-0.39, 0.29) is 5.41 Å². The van der Waals surface area contributed by atoms with E-state index in [0.717, 1.165) is 11.1 Å². The summed E-state index contributed by atoms with van der Waals surface area (Å²) in [6.07, 6.45) is 1.80. The van der Waals surface area contributed by atoms with Crippen LogP contribution >= 0.6 is 0 Å². The maximum absolute atomic E-state index is 5.11. The van der Waals surface area contributed by atoms with Gasteiger partial charge >= 0.3 is 0 Å². The lowest BCUT2D eigenvalue weighted by Gasteiger charge is -2.23. The molecule has 1 aromatic rings. The third-order valence-corrected chi connectivity index (χ3v) is 2.45. The van der Waals surface area contributed by atoms with Gasteiger partial charge in [-0.05, 0) is 18.6 Å². The molecule has 0 aliphatic rings. The fraction of sp³-hybridized carbons (Fsp3) is 0.545. The van der Waals surface area contributed by atoms with Gasteiger partial charge in [0.2, 0.25) is 5.88 Å². The lowest BCUT2D eigenvalue weighted by molar-refractivity contribution is 0.0962. The number of rotatable bonds is 4. The summed E-state index contributed by atoms with van der Waals surface area (Å²) in [4.78, 5) is 8.93. The molecular formula is C11H18N2O2. The third-order valence-electron chi connectivity index (χ3n) is 2.45. The molecule has 0 aliphatic carbocycles. The third kappa shape index (κ3) is 2.67. The molecule has 15 heavy (non-hydrogen) atoms. The lowest BCUT2D eigenvalue weighted by Crippen LogP contribution is -2.26. The predicted octanol–water partition coefficient (Wildman–Crippen LogP) is 1.57. The van der Waals surface area contributed by atoms with Crippen molar-refractivity contribution in [3.8, 4) is 5.88 Å². The van der Waals surface area contributed by atoms with Gasteiger partial charge in [0, 0.05) is 17.2 Å². The van der Waals surface area contributed by atoms with Gasteiger partial charge in [-0.1, -0.05) is 13.8 Å². The highest BCUT2D eigenvalue weighted by molar-refractivity contribution is 5.32. The van der Waals surface area contributed by atoms with Crippen molar-refractivity contribution >= 4 is 0 Å². The Hall–Kier alpha value is -1.13. The van der Waals surface area contributed by atoms with Gasteiger partial charge in [-0.15, -0.1) is 0 Å². The molecular weight excluding hydrogens is 192 g/mol. The van der Waals surface area contributed by atoms with Crippen LogP contribution in [0.3, 0.4) is 0 Å². The minimum atomic E-state index is -0.140. The Kier molecular flexibility index (Phi) is 3.66. The number of pyridine rings is 1. The molecule has 4 heteroatoms. The first-order valence-electron chi connectivity index (χ1n) is 4.84. The summed E-state index contributed by atoms with van der Waals surface area (Å²) in [6, 6.07) is 2.05. The first-order chi connectivity index (χ1) is 7.01. The topological polar surface area (TPSA) is 57.4 Å². The Balaban J connectivity index is 3.01. The molecule has 0 saturated heterocycles. The van der Waals surface area contributed by atoms with Crippen LogP contribution in [0.4, 0.5) is 0 Å². The molecule has 0 saturated carbocycles. The maximum Gasteiger partial charge on any atom is 0.215 e. The zero-order valence-corrected chi connectivity index (χ0v) is 9.70. The van der Waals surface area contributed by atoms with Gasteiger partial charge < -0.3 is 9.57 Å². The van der Waals surface area contributed by atoms with Crippen LogP contribution in [0, 0.1) is 6.92 Å². The molecule has 1 rings (SSSR count). The van der Waals surface area contributed by atoms with Crippen LogP contribution in [-0.4, -0.2) is 18.7 Å². The zero-order valence-electron chi connectivity index (χ0n) is 9.70. The van der Waals surface area contributed by atoms with E-state index in [0.29, 0.717) is 12.5 Å². The Morgan fingerprint density at radius 1 is 1.47 bits per heavy atom. The molecule has 0 atom stereocenters. The number of ether oxygens (including phenoxy) is 1. The molecule has 0 bridgehead atoms.